The lowest BCUT2D eigenvalue weighted by Gasteiger charge is -2.17. The Hall–Kier alpha value is -0.0100. The predicted molar refractivity (Wildman–Crippen MR) is 70.1 cm³/mol. The Kier molecular flexibility index (Phi) is 9.82. The van der Waals surface area contributed by atoms with Gasteiger partial charge in [-0.2, -0.15) is 0 Å². The molecule has 0 radical (unpaired) electrons. The molecule has 0 aromatic heterocycles. The zero-order valence-electron chi connectivity index (χ0n) is 12.3. The number of rotatable bonds is 11. The summed E-state index contributed by atoms with van der Waals surface area (Å²) in [6.45, 7) is 6.66. The first-order chi connectivity index (χ1) is 8.83. The van der Waals surface area contributed by atoms with Crippen LogP contribution in [0.1, 0.15) is 20.8 Å². The van der Waals surface area contributed by atoms with E-state index in [-0.39, 0.29) is 25.2 Å². The summed E-state index contributed by atoms with van der Waals surface area (Å²) in [6, 6.07) is 0. The molecule has 7 nitrogen and oxygen atoms in total. The Morgan fingerprint density at radius 1 is 0.947 bits per heavy atom. The molecule has 0 aliphatic heterocycles. The fraction of sp³-hybridized carbons (Fsp3) is 1.00. The summed E-state index contributed by atoms with van der Waals surface area (Å²) in [5.41, 5.74) is -0.335. The van der Waals surface area contributed by atoms with E-state index in [9.17, 15) is 4.57 Å². The highest BCUT2D eigenvalue weighted by Gasteiger charge is 2.20. The van der Waals surface area contributed by atoms with Gasteiger partial charge in [0.05, 0.1) is 25.0 Å². The highest BCUT2D eigenvalue weighted by Crippen LogP contribution is 2.45. The summed E-state index contributed by atoms with van der Waals surface area (Å²) >= 11 is 0. The molecule has 0 saturated carbocycles. The molecule has 0 N–H and O–H groups in total. The Morgan fingerprint density at radius 2 is 1.53 bits per heavy atom. The zero-order valence-corrected chi connectivity index (χ0v) is 13.2. The van der Waals surface area contributed by atoms with Crippen molar-refractivity contribution in [3.05, 3.63) is 0 Å². The third-order valence-corrected chi connectivity index (χ3v) is 3.70. The van der Waals surface area contributed by atoms with E-state index in [0.717, 1.165) is 0 Å². The predicted octanol–water partition coefficient (Wildman–Crippen LogP) is 2.21. The van der Waals surface area contributed by atoms with Crippen molar-refractivity contribution >= 4 is 7.60 Å². The van der Waals surface area contributed by atoms with E-state index in [1.807, 2.05) is 20.8 Å². The van der Waals surface area contributed by atoms with Crippen molar-refractivity contribution in [1.82, 2.24) is 0 Å². The molecule has 0 fully saturated rings. The van der Waals surface area contributed by atoms with Gasteiger partial charge in [0.25, 0.3) is 0 Å². The Labute approximate surface area is 114 Å². The number of hydrogen-bond donors (Lipinski definition) is 0. The van der Waals surface area contributed by atoms with Crippen molar-refractivity contribution in [2.24, 2.45) is 0 Å². The Balaban J connectivity index is 3.35. The van der Waals surface area contributed by atoms with E-state index in [1.165, 1.54) is 14.2 Å². The molecule has 0 rings (SSSR count). The SMILES string of the molecule is COP(=O)(CCOCOCCOOC(C)(C)C)OC. The van der Waals surface area contributed by atoms with Crippen LogP contribution in [0.15, 0.2) is 0 Å². The lowest BCUT2D eigenvalue weighted by molar-refractivity contribution is -0.352. The van der Waals surface area contributed by atoms with E-state index >= 15 is 0 Å². The van der Waals surface area contributed by atoms with Crippen LogP contribution in [0.25, 0.3) is 0 Å². The van der Waals surface area contributed by atoms with Crippen molar-refractivity contribution in [1.29, 1.82) is 0 Å². The van der Waals surface area contributed by atoms with Gasteiger partial charge >= 0.3 is 7.60 Å². The summed E-state index contributed by atoms with van der Waals surface area (Å²) in [5, 5.41) is 0. The lowest BCUT2D eigenvalue weighted by Crippen LogP contribution is -2.21. The summed E-state index contributed by atoms with van der Waals surface area (Å²) in [5.74, 6) is 0. The van der Waals surface area contributed by atoms with Crippen LogP contribution in [-0.4, -0.2) is 52.6 Å². The minimum absolute atomic E-state index is 0.0896. The molecule has 0 atom stereocenters. The third kappa shape index (κ3) is 11.5. The first kappa shape index (κ1) is 19.0. The monoisotopic (exact) mass is 300 g/mol. The second-order valence-electron chi connectivity index (χ2n) is 4.65. The minimum atomic E-state index is -2.99. The second kappa shape index (κ2) is 9.83. The maximum atomic E-state index is 11.6. The van der Waals surface area contributed by atoms with Gasteiger partial charge in [-0.1, -0.05) is 0 Å². The molecule has 0 aromatic carbocycles. The van der Waals surface area contributed by atoms with Gasteiger partial charge in [0, 0.05) is 14.2 Å². The molecule has 0 unspecified atom stereocenters. The largest absolute Gasteiger partial charge is 0.355 e. The smallest absolute Gasteiger partial charge is 0.332 e. The zero-order chi connectivity index (χ0) is 14.8. The lowest BCUT2D eigenvalue weighted by atomic mass is 10.2. The van der Waals surface area contributed by atoms with Gasteiger partial charge in [-0.15, -0.1) is 0 Å². The van der Waals surface area contributed by atoms with E-state index in [1.54, 1.807) is 0 Å². The molecule has 0 saturated heterocycles. The highest BCUT2D eigenvalue weighted by molar-refractivity contribution is 7.53. The van der Waals surface area contributed by atoms with Gasteiger partial charge in [-0.05, 0) is 20.8 Å². The van der Waals surface area contributed by atoms with E-state index in [0.29, 0.717) is 13.2 Å². The molecular formula is C11H25O7P. The average Bonchev–Trinajstić information content (AvgIpc) is 2.35. The van der Waals surface area contributed by atoms with Gasteiger partial charge in [0.15, 0.2) is 0 Å². The van der Waals surface area contributed by atoms with E-state index in [2.05, 4.69) is 0 Å². The van der Waals surface area contributed by atoms with Crippen LogP contribution in [0, 0.1) is 0 Å². The normalized spacial score (nSPS) is 12.9. The average molecular weight is 300 g/mol. The van der Waals surface area contributed by atoms with Crippen LogP contribution < -0.4 is 0 Å². The summed E-state index contributed by atoms with van der Waals surface area (Å²) in [7, 11) is -0.310. The number of ether oxygens (including phenoxy) is 2. The van der Waals surface area contributed by atoms with Crippen LogP contribution in [0.4, 0.5) is 0 Å². The second-order valence-corrected chi connectivity index (χ2v) is 7.05. The quantitative estimate of drug-likeness (QED) is 0.190. The van der Waals surface area contributed by atoms with Crippen molar-refractivity contribution in [3.8, 4) is 0 Å². The van der Waals surface area contributed by atoms with Crippen molar-refractivity contribution < 1.29 is 32.9 Å². The Morgan fingerprint density at radius 3 is 2.05 bits per heavy atom. The topological polar surface area (TPSA) is 72.5 Å². The summed E-state index contributed by atoms with van der Waals surface area (Å²) < 4.78 is 31.4. The van der Waals surface area contributed by atoms with Gasteiger partial charge in [-0.25, -0.2) is 9.78 Å². The maximum absolute atomic E-state index is 11.6. The van der Waals surface area contributed by atoms with Crippen LogP contribution in [0.3, 0.4) is 0 Å². The molecule has 0 aliphatic carbocycles. The third-order valence-electron chi connectivity index (χ3n) is 1.85. The maximum Gasteiger partial charge on any atom is 0.332 e. The van der Waals surface area contributed by atoms with Crippen molar-refractivity contribution in [3.63, 3.8) is 0 Å². The molecule has 0 aliphatic rings. The highest BCUT2D eigenvalue weighted by atomic mass is 31.2. The molecule has 0 heterocycles. The molecule has 8 heteroatoms. The van der Waals surface area contributed by atoms with Crippen molar-refractivity contribution in [2.45, 2.75) is 26.4 Å². The minimum Gasteiger partial charge on any atom is -0.355 e. The van der Waals surface area contributed by atoms with E-state index < -0.39 is 7.60 Å². The van der Waals surface area contributed by atoms with Crippen LogP contribution in [0.5, 0.6) is 0 Å². The van der Waals surface area contributed by atoms with Crippen LogP contribution in [0.2, 0.25) is 0 Å². The fourth-order valence-electron chi connectivity index (χ4n) is 0.922. The van der Waals surface area contributed by atoms with Crippen LogP contribution in [-0.2, 0) is 32.9 Å². The van der Waals surface area contributed by atoms with Gasteiger partial charge in [0.2, 0.25) is 0 Å². The standard InChI is InChI=1S/C11H25O7P/c1-11(2,3)18-17-7-6-15-10-16-8-9-19(12,13-4)14-5/h6-10H2,1-5H3. The van der Waals surface area contributed by atoms with Gasteiger partial charge < -0.3 is 18.5 Å². The number of hydrogen-bond acceptors (Lipinski definition) is 7. The van der Waals surface area contributed by atoms with Crippen molar-refractivity contribution in [2.75, 3.05) is 47.0 Å². The van der Waals surface area contributed by atoms with Gasteiger partial charge in [-0.3, -0.25) is 4.57 Å². The molecule has 19 heavy (non-hydrogen) atoms. The van der Waals surface area contributed by atoms with E-state index in [4.69, 9.17) is 28.3 Å². The molecule has 116 valence electrons. The first-order valence-corrected chi connectivity index (χ1v) is 7.72. The molecule has 0 spiro atoms. The molecular weight excluding hydrogens is 275 g/mol. The summed E-state index contributed by atoms with van der Waals surface area (Å²) in [4.78, 5) is 9.97. The van der Waals surface area contributed by atoms with Gasteiger partial charge in [0.1, 0.15) is 13.4 Å². The van der Waals surface area contributed by atoms with Crippen LogP contribution >= 0.6 is 7.60 Å². The fourth-order valence-corrected chi connectivity index (χ4v) is 1.79. The molecule has 0 aromatic rings. The first-order valence-electron chi connectivity index (χ1n) is 5.99. The summed E-state index contributed by atoms with van der Waals surface area (Å²) in [6.07, 6.45) is 0.187. The Bertz CT molecular complexity index is 256. The molecule has 0 bridgehead atoms. The molecule has 0 amide bonds.